The van der Waals surface area contributed by atoms with Crippen LogP contribution >= 0.6 is 0 Å². The number of carbonyl (C=O) groups excluding carboxylic acids is 2. The molecule has 1 aromatic heterocycles. The van der Waals surface area contributed by atoms with Gasteiger partial charge in [-0.1, -0.05) is 18.2 Å². The Morgan fingerprint density at radius 2 is 1.93 bits per heavy atom. The van der Waals surface area contributed by atoms with E-state index in [1.54, 1.807) is 12.1 Å². The Hall–Kier alpha value is -2.97. The summed E-state index contributed by atoms with van der Waals surface area (Å²) in [6.07, 6.45) is -2.45. The fourth-order valence-electron chi connectivity index (χ4n) is 3.63. The van der Waals surface area contributed by atoms with Gasteiger partial charge in [-0.15, -0.1) is 0 Å². The largest absolute Gasteiger partial charge is 0.414 e. The van der Waals surface area contributed by atoms with Crippen LogP contribution in [0.1, 0.15) is 43.0 Å². The van der Waals surface area contributed by atoms with Gasteiger partial charge in [-0.05, 0) is 49.1 Å². The second-order valence-corrected chi connectivity index (χ2v) is 7.43. The number of pyridine rings is 1. The Kier molecular flexibility index (Phi) is 6.38. The molecule has 0 aliphatic carbocycles. The first kappa shape index (κ1) is 21.7. The summed E-state index contributed by atoms with van der Waals surface area (Å²) in [6, 6.07) is 7.66. The van der Waals surface area contributed by atoms with Gasteiger partial charge in [0.15, 0.2) is 6.04 Å². The molecule has 1 fully saturated rings. The normalized spacial score (nSPS) is 19.9. The maximum atomic E-state index is 13.4. The first-order valence-corrected chi connectivity index (χ1v) is 9.49. The Bertz CT molecular complexity index is 887. The SMILES string of the molecule is O=C(CC[C@@]1(Cc2ccc(F)cc2)CCC(=O)N1)N[C@@H](c1ccccn1)C(F)(F)F. The molecular formula is C21H21F4N3O2. The zero-order chi connectivity index (χ0) is 21.8. The second-order valence-electron chi connectivity index (χ2n) is 7.43. The zero-order valence-corrected chi connectivity index (χ0v) is 16.0. The van der Waals surface area contributed by atoms with Crippen molar-refractivity contribution in [3.63, 3.8) is 0 Å². The summed E-state index contributed by atoms with van der Waals surface area (Å²) >= 11 is 0. The lowest BCUT2D eigenvalue weighted by atomic mass is 9.85. The van der Waals surface area contributed by atoms with E-state index in [-0.39, 0.29) is 30.9 Å². The van der Waals surface area contributed by atoms with Crippen molar-refractivity contribution in [2.24, 2.45) is 0 Å². The summed E-state index contributed by atoms with van der Waals surface area (Å²) < 4.78 is 53.4. The maximum Gasteiger partial charge on any atom is 0.414 e. The summed E-state index contributed by atoms with van der Waals surface area (Å²) in [4.78, 5) is 27.9. The monoisotopic (exact) mass is 423 g/mol. The van der Waals surface area contributed by atoms with Crippen molar-refractivity contribution in [2.75, 3.05) is 0 Å². The number of hydrogen-bond donors (Lipinski definition) is 2. The van der Waals surface area contributed by atoms with Crippen LogP contribution in [0.4, 0.5) is 17.6 Å². The minimum Gasteiger partial charge on any atom is -0.350 e. The lowest BCUT2D eigenvalue weighted by Crippen LogP contribution is -2.45. The van der Waals surface area contributed by atoms with E-state index < -0.39 is 29.5 Å². The Labute approximate surface area is 170 Å². The predicted molar refractivity (Wildman–Crippen MR) is 101 cm³/mol. The molecule has 9 heteroatoms. The number of carbonyl (C=O) groups is 2. The highest BCUT2D eigenvalue weighted by Crippen LogP contribution is 2.33. The van der Waals surface area contributed by atoms with Crippen LogP contribution in [0.25, 0.3) is 0 Å². The van der Waals surface area contributed by atoms with Crippen LogP contribution in [-0.2, 0) is 16.0 Å². The van der Waals surface area contributed by atoms with Gasteiger partial charge in [0.1, 0.15) is 5.82 Å². The van der Waals surface area contributed by atoms with Gasteiger partial charge in [-0.25, -0.2) is 4.39 Å². The first-order chi connectivity index (χ1) is 14.2. The van der Waals surface area contributed by atoms with Gasteiger partial charge in [0.05, 0.1) is 5.69 Å². The third-order valence-corrected chi connectivity index (χ3v) is 5.14. The minimum absolute atomic E-state index is 0.161. The third kappa shape index (κ3) is 5.55. The van der Waals surface area contributed by atoms with Gasteiger partial charge in [-0.3, -0.25) is 14.6 Å². The topological polar surface area (TPSA) is 71.1 Å². The van der Waals surface area contributed by atoms with Gasteiger partial charge in [-0.2, -0.15) is 13.2 Å². The molecule has 0 radical (unpaired) electrons. The van der Waals surface area contributed by atoms with Crippen molar-refractivity contribution >= 4 is 11.8 Å². The quantitative estimate of drug-likeness (QED) is 0.669. The summed E-state index contributed by atoms with van der Waals surface area (Å²) in [5.41, 5.74) is -0.292. The van der Waals surface area contributed by atoms with E-state index in [2.05, 4.69) is 10.3 Å². The molecule has 1 aliphatic rings. The van der Waals surface area contributed by atoms with Gasteiger partial charge in [0.2, 0.25) is 11.8 Å². The van der Waals surface area contributed by atoms with Gasteiger partial charge >= 0.3 is 6.18 Å². The van der Waals surface area contributed by atoms with Crippen LogP contribution in [0.15, 0.2) is 48.7 Å². The van der Waals surface area contributed by atoms with Crippen LogP contribution in [0.2, 0.25) is 0 Å². The van der Waals surface area contributed by atoms with Crippen LogP contribution in [0.5, 0.6) is 0 Å². The molecule has 5 nitrogen and oxygen atoms in total. The number of nitrogens with one attached hydrogen (secondary N) is 2. The fraction of sp³-hybridized carbons (Fsp3) is 0.381. The molecule has 1 aliphatic heterocycles. The molecule has 3 rings (SSSR count). The molecule has 1 aromatic carbocycles. The number of amides is 2. The van der Waals surface area contributed by atoms with E-state index in [1.807, 2.05) is 5.32 Å². The van der Waals surface area contributed by atoms with E-state index in [1.165, 1.54) is 36.5 Å². The number of halogens is 4. The highest BCUT2D eigenvalue weighted by molar-refractivity contribution is 5.80. The number of rotatable bonds is 7. The average molecular weight is 423 g/mol. The van der Waals surface area contributed by atoms with Crippen LogP contribution < -0.4 is 10.6 Å². The van der Waals surface area contributed by atoms with Gasteiger partial charge in [0.25, 0.3) is 0 Å². The number of hydrogen-bond acceptors (Lipinski definition) is 3. The predicted octanol–water partition coefficient (Wildman–Crippen LogP) is 3.61. The van der Waals surface area contributed by atoms with Gasteiger partial charge < -0.3 is 10.6 Å². The molecule has 160 valence electrons. The molecule has 2 aromatic rings. The molecular weight excluding hydrogens is 402 g/mol. The highest BCUT2D eigenvalue weighted by atomic mass is 19.4. The van der Waals surface area contributed by atoms with E-state index in [0.717, 1.165) is 5.56 Å². The standard InChI is InChI=1S/C21H21F4N3O2/c22-15-6-4-14(5-7-15)13-20(11-9-18(30)28-20)10-8-17(29)27-19(21(23,24)25)16-3-1-2-12-26-16/h1-7,12,19H,8-11,13H2,(H,27,29)(H,28,30)/t19-,20-/m0/s1. The molecule has 30 heavy (non-hydrogen) atoms. The van der Waals surface area contributed by atoms with Crippen molar-refractivity contribution in [3.8, 4) is 0 Å². The summed E-state index contributed by atoms with van der Waals surface area (Å²) in [6.45, 7) is 0. The summed E-state index contributed by atoms with van der Waals surface area (Å²) in [5.74, 6) is -1.36. The van der Waals surface area contributed by atoms with E-state index >= 15 is 0 Å². The first-order valence-electron chi connectivity index (χ1n) is 9.49. The third-order valence-electron chi connectivity index (χ3n) is 5.14. The molecule has 0 unspecified atom stereocenters. The van der Waals surface area contributed by atoms with Crippen molar-refractivity contribution in [2.45, 2.75) is 49.9 Å². The fourth-order valence-corrected chi connectivity index (χ4v) is 3.63. The van der Waals surface area contributed by atoms with Crippen molar-refractivity contribution in [1.29, 1.82) is 0 Å². The number of benzene rings is 1. The van der Waals surface area contributed by atoms with Gasteiger partial charge in [0, 0.05) is 24.6 Å². The van der Waals surface area contributed by atoms with Crippen molar-refractivity contribution < 1.29 is 27.2 Å². The van der Waals surface area contributed by atoms with Crippen LogP contribution in [-0.4, -0.2) is 28.5 Å². The Balaban J connectivity index is 1.68. The zero-order valence-electron chi connectivity index (χ0n) is 16.0. The average Bonchev–Trinajstić information content (AvgIpc) is 3.07. The Morgan fingerprint density at radius 1 is 1.20 bits per heavy atom. The van der Waals surface area contributed by atoms with E-state index in [4.69, 9.17) is 0 Å². The minimum atomic E-state index is -4.70. The molecule has 2 atom stereocenters. The molecule has 2 amide bonds. The molecule has 2 N–H and O–H groups in total. The second kappa shape index (κ2) is 8.81. The molecule has 0 spiro atoms. The Morgan fingerprint density at radius 3 is 2.50 bits per heavy atom. The number of nitrogens with zero attached hydrogens (tertiary/aromatic N) is 1. The lowest BCUT2D eigenvalue weighted by Gasteiger charge is -2.30. The van der Waals surface area contributed by atoms with Crippen molar-refractivity contribution in [3.05, 3.63) is 65.7 Å². The molecule has 1 saturated heterocycles. The smallest absolute Gasteiger partial charge is 0.350 e. The lowest BCUT2D eigenvalue weighted by molar-refractivity contribution is -0.164. The summed E-state index contributed by atoms with van der Waals surface area (Å²) in [7, 11) is 0. The van der Waals surface area contributed by atoms with Crippen molar-refractivity contribution in [1.82, 2.24) is 15.6 Å². The van der Waals surface area contributed by atoms with Crippen LogP contribution in [0.3, 0.4) is 0 Å². The molecule has 2 heterocycles. The number of alkyl halides is 3. The molecule has 0 bridgehead atoms. The highest BCUT2D eigenvalue weighted by Gasteiger charge is 2.43. The maximum absolute atomic E-state index is 13.4. The molecule has 0 saturated carbocycles. The van der Waals surface area contributed by atoms with E-state index in [0.29, 0.717) is 12.8 Å². The van der Waals surface area contributed by atoms with Crippen LogP contribution in [0, 0.1) is 5.82 Å². The number of aromatic nitrogens is 1. The summed E-state index contributed by atoms with van der Waals surface area (Å²) in [5, 5.41) is 4.86. The van der Waals surface area contributed by atoms with E-state index in [9.17, 15) is 27.2 Å².